The topological polar surface area (TPSA) is 106 Å². The fraction of sp³-hybridized carbons (Fsp3) is 0.429. The lowest BCUT2D eigenvalue weighted by Gasteiger charge is -2.57. The number of hydrogen-bond acceptors (Lipinski definition) is 6. The van der Waals surface area contributed by atoms with Crippen LogP contribution in [0.3, 0.4) is 0 Å². The van der Waals surface area contributed by atoms with Gasteiger partial charge in [-0.15, -0.1) is 0 Å². The highest BCUT2D eigenvalue weighted by atomic mass is 32.2. The molecule has 0 radical (unpaired) electrons. The number of amides is 1. The SMILES string of the molecule is CC(C)(C)OC(=O)N1C(N(c2ccccc2)c2cccc(S(N)(=O)=O)n2)CC1(C)C. The maximum absolute atomic E-state index is 13.0. The maximum atomic E-state index is 13.0. The minimum Gasteiger partial charge on any atom is -0.444 e. The summed E-state index contributed by atoms with van der Waals surface area (Å²) in [6.07, 6.45) is -0.199. The second kappa shape index (κ2) is 7.55. The van der Waals surface area contributed by atoms with Crippen molar-refractivity contribution >= 4 is 27.6 Å². The first kappa shape index (κ1) is 22.0. The summed E-state index contributed by atoms with van der Waals surface area (Å²) in [5.74, 6) is 0.377. The molecule has 1 aliphatic rings. The largest absolute Gasteiger partial charge is 0.444 e. The van der Waals surface area contributed by atoms with Gasteiger partial charge in [-0.25, -0.2) is 23.3 Å². The number of anilines is 2. The van der Waals surface area contributed by atoms with E-state index < -0.39 is 33.4 Å². The summed E-state index contributed by atoms with van der Waals surface area (Å²) in [7, 11) is -3.98. The number of aromatic nitrogens is 1. The number of sulfonamides is 1. The van der Waals surface area contributed by atoms with Gasteiger partial charge in [-0.3, -0.25) is 4.90 Å². The first-order valence-corrected chi connectivity index (χ1v) is 11.2. The molecular formula is C21H28N4O4S. The van der Waals surface area contributed by atoms with Gasteiger partial charge >= 0.3 is 6.09 Å². The van der Waals surface area contributed by atoms with E-state index in [-0.39, 0.29) is 5.03 Å². The molecule has 0 spiro atoms. The number of carbonyl (C=O) groups excluding carboxylic acids is 1. The van der Waals surface area contributed by atoms with Crippen molar-refractivity contribution in [1.82, 2.24) is 9.88 Å². The fourth-order valence-corrected chi connectivity index (χ4v) is 4.05. The maximum Gasteiger partial charge on any atom is 0.412 e. The zero-order chi connectivity index (χ0) is 22.3. The Balaban J connectivity index is 2.07. The lowest BCUT2D eigenvalue weighted by Crippen LogP contribution is -2.70. The van der Waals surface area contributed by atoms with E-state index in [1.54, 1.807) is 17.0 Å². The number of hydrogen-bond donors (Lipinski definition) is 1. The minimum absolute atomic E-state index is 0.233. The fourth-order valence-electron chi connectivity index (χ4n) is 3.56. The van der Waals surface area contributed by atoms with Gasteiger partial charge in [0.2, 0.25) is 0 Å². The number of likely N-dealkylation sites (tertiary alicyclic amines) is 1. The van der Waals surface area contributed by atoms with Gasteiger partial charge in [0.15, 0.2) is 5.03 Å². The Labute approximate surface area is 177 Å². The molecule has 1 unspecified atom stereocenters. The van der Waals surface area contributed by atoms with Crippen LogP contribution in [0, 0.1) is 0 Å². The van der Waals surface area contributed by atoms with E-state index in [1.165, 1.54) is 6.07 Å². The molecule has 1 aliphatic heterocycles. The summed E-state index contributed by atoms with van der Waals surface area (Å²) < 4.78 is 29.3. The quantitative estimate of drug-likeness (QED) is 0.791. The number of nitrogens with two attached hydrogens (primary N) is 1. The van der Waals surface area contributed by atoms with Gasteiger partial charge in [-0.1, -0.05) is 24.3 Å². The van der Waals surface area contributed by atoms with Gasteiger partial charge in [0.25, 0.3) is 10.0 Å². The Morgan fingerprint density at radius 1 is 1.17 bits per heavy atom. The van der Waals surface area contributed by atoms with E-state index >= 15 is 0 Å². The first-order chi connectivity index (χ1) is 13.8. The molecule has 162 valence electrons. The molecule has 1 amide bonds. The van der Waals surface area contributed by atoms with Crippen LogP contribution in [0.2, 0.25) is 0 Å². The van der Waals surface area contributed by atoms with Gasteiger partial charge in [-0.05, 0) is 58.9 Å². The number of benzene rings is 1. The van der Waals surface area contributed by atoms with Crippen LogP contribution in [-0.2, 0) is 14.8 Å². The van der Waals surface area contributed by atoms with Gasteiger partial charge < -0.3 is 9.64 Å². The molecule has 2 aromatic rings. The Bertz CT molecular complexity index is 1030. The summed E-state index contributed by atoms with van der Waals surface area (Å²) in [5.41, 5.74) is -0.306. The van der Waals surface area contributed by atoms with Crippen LogP contribution in [-0.4, -0.2) is 41.7 Å². The number of carbonyl (C=O) groups is 1. The third-order valence-corrected chi connectivity index (χ3v) is 5.61. The summed E-state index contributed by atoms with van der Waals surface area (Å²) in [4.78, 5) is 20.8. The van der Waals surface area contributed by atoms with E-state index in [9.17, 15) is 13.2 Å². The predicted octanol–water partition coefficient (Wildman–Crippen LogP) is 3.61. The molecule has 8 nitrogen and oxygen atoms in total. The summed E-state index contributed by atoms with van der Waals surface area (Å²) >= 11 is 0. The van der Waals surface area contributed by atoms with Crippen molar-refractivity contribution in [2.24, 2.45) is 5.14 Å². The van der Waals surface area contributed by atoms with Crippen molar-refractivity contribution in [3.63, 3.8) is 0 Å². The van der Waals surface area contributed by atoms with Crippen molar-refractivity contribution in [1.29, 1.82) is 0 Å². The normalized spacial score (nSPS) is 18.5. The zero-order valence-corrected chi connectivity index (χ0v) is 18.7. The van der Waals surface area contributed by atoms with E-state index in [1.807, 2.05) is 69.9 Å². The number of para-hydroxylation sites is 1. The average molecular weight is 433 g/mol. The average Bonchev–Trinajstić information content (AvgIpc) is 2.59. The molecule has 1 fully saturated rings. The summed E-state index contributed by atoms with van der Waals surface area (Å²) in [6.45, 7) is 9.38. The van der Waals surface area contributed by atoms with Crippen LogP contribution >= 0.6 is 0 Å². The van der Waals surface area contributed by atoms with Crippen molar-refractivity contribution in [3.05, 3.63) is 48.5 Å². The second-order valence-corrected chi connectivity index (χ2v) is 10.4. The van der Waals surface area contributed by atoms with Crippen LogP contribution in [0.4, 0.5) is 16.3 Å². The highest BCUT2D eigenvalue weighted by Crippen LogP contribution is 2.43. The van der Waals surface area contributed by atoms with Crippen molar-refractivity contribution < 1.29 is 17.9 Å². The molecule has 9 heteroatoms. The number of pyridine rings is 1. The first-order valence-electron chi connectivity index (χ1n) is 9.66. The number of primary sulfonamides is 1. The third kappa shape index (κ3) is 4.57. The zero-order valence-electron chi connectivity index (χ0n) is 17.9. The Morgan fingerprint density at radius 2 is 1.80 bits per heavy atom. The van der Waals surface area contributed by atoms with Crippen LogP contribution < -0.4 is 10.0 Å². The van der Waals surface area contributed by atoms with Crippen molar-refractivity contribution in [3.8, 4) is 0 Å². The van der Waals surface area contributed by atoms with Crippen LogP contribution in [0.5, 0.6) is 0 Å². The van der Waals surface area contributed by atoms with E-state index in [2.05, 4.69) is 4.98 Å². The summed E-state index contributed by atoms with van der Waals surface area (Å²) in [6, 6.07) is 14.0. The predicted molar refractivity (Wildman–Crippen MR) is 115 cm³/mol. The standard InChI is InChI=1S/C21H28N4O4S/c1-20(2,3)29-19(26)25-18(14-21(25,4)5)24(15-10-7-6-8-11-15)16-12-9-13-17(23-16)30(22,27)28/h6-13,18H,14H2,1-5H3,(H2,22,27,28). The van der Waals surface area contributed by atoms with Gasteiger partial charge in [0, 0.05) is 17.6 Å². The Kier molecular flexibility index (Phi) is 5.55. The second-order valence-electron chi connectivity index (χ2n) is 8.93. The molecule has 3 rings (SSSR count). The van der Waals surface area contributed by atoms with Crippen molar-refractivity contribution in [2.75, 3.05) is 4.90 Å². The molecule has 30 heavy (non-hydrogen) atoms. The molecule has 0 bridgehead atoms. The van der Waals surface area contributed by atoms with Crippen LogP contribution in [0.25, 0.3) is 0 Å². The molecule has 0 saturated carbocycles. The van der Waals surface area contributed by atoms with Gasteiger partial charge in [-0.2, -0.15) is 0 Å². The lowest BCUT2D eigenvalue weighted by atomic mass is 9.85. The van der Waals surface area contributed by atoms with Crippen LogP contribution in [0.15, 0.2) is 53.6 Å². The van der Waals surface area contributed by atoms with Crippen LogP contribution in [0.1, 0.15) is 41.0 Å². The molecule has 2 N–H and O–H groups in total. The molecular weight excluding hydrogens is 404 g/mol. The van der Waals surface area contributed by atoms with E-state index in [4.69, 9.17) is 9.88 Å². The van der Waals surface area contributed by atoms with E-state index in [0.717, 1.165) is 5.69 Å². The number of rotatable bonds is 4. The molecule has 1 saturated heterocycles. The minimum atomic E-state index is -3.98. The Hall–Kier alpha value is -2.65. The van der Waals surface area contributed by atoms with Crippen molar-refractivity contribution in [2.45, 2.75) is 63.4 Å². The van der Waals surface area contributed by atoms with Gasteiger partial charge in [0.1, 0.15) is 17.6 Å². The molecule has 1 atom stereocenters. The molecule has 1 aromatic heterocycles. The Morgan fingerprint density at radius 3 is 2.33 bits per heavy atom. The number of ether oxygens (including phenoxy) is 1. The molecule has 2 heterocycles. The van der Waals surface area contributed by atoms with Gasteiger partial charge in [0.05, 0.1) is 0 Å². The van der Waals surface area contributed by atoms with E-state index in [0.29, 0.717) is 12.2 Å². The monoisotopic (exact) mass is 432 g/mol. The molecule has 1 aromatic carbocycles. The highest BCUT2D eigenvalue weighted by Gasteiger charge is 2.52. The third-order valence-electron chi connectivity index (χ3n) is 4.80. The molecule has 0 aliphatic carbocycles. The lowest BCUT2D eigenvalue weighted by molar-refractivity contribution is -0.0629. The highest BCUT2D eigenvalue weighted by molar-refractivity contribution is 7.89. The number of nitrogens with zero attached hydrogens (tertiary/aromatic N) is 3. The summed E-state index contributed by atoms with van der Waals surface area (Å²) in [5, 5.41) is 5.05. The smallest absolute Gasteiger partial charge is 0.412 e.